The van der Waals surface area contributed by atoms with Gasteiger partial charge in [0.15, 0.2) is 0 Å². The third kappa shape index (κ3) is 3.86. The summed E-state index contributed by atoms with van der Waals surface area (Å²) in [7, 11) is 1.45. The molecule has 4 rings (SSSR count). The van der Waals surface area contributed by atoms with Crippen LogP contribution >= 0.6 is 11.5 Å². The van der Waals surface area contributed by atoms with E-state index in [4.69, 9.17) is 9.47 Å². The summed E-state index contributed by atoms with van der Waals surface area (Å²) in [6, 6.07) is 15.3. The summed E-state index contributed by atoms with van der Waals surface area (Å²) >= 11 is 1.13. The molecule has 0 fully saturated rings. The molecule has 1 heterocycles. The minimum Gasteiger partial charge on any atom is -0.481 e. The van der Waals surface area contributed by atoms with E-state index in [-0.39, 0.29) is 18.9 Å². The first kappa shape index (κ1) is 19.9. The fourth-order valence-corrected chi connectivity index (χ4v) is 4.52. The van der Waals surface area contributed by atoms with Crippen molar-refractivity contribution in [3.63, 3.8) is 0 Å². The van der Waals surface area contributed by atoms with E-state index >= 15 is 0 Å². The summed E-state index contributed by atoms with van der Waals surface area (Å²) in [5.74, 6) is -0.823. The van der Waals surface area contributed by atoms with Gasteiger partial charge in [0.2, 0.25) is 5.88 Å². The monoisotopic (exact) mass is 424 g/mol. The van der Waals surface area contributed by atoms with E-state index in [2.05, 4.69) is 21.8 Å². The van der Waals surface area contributed by atoms with Crippen molar-refractivity contribution in [2.75, 3.05) is 13.7 Å². The molecule has 1 aliphatic rings. The van der Waals surface area contributed by atoms with Crippen molar-refractivity contribution >= 4 is 23.6 Å². The second-order valence-corrected chi connectivity index (χ2v) is 7.53. The Balaban J connectivity index is 1.48. The summed E-state index contributed by atoms with van der Waals surface area (Å²) < 4.78 is 14.7. The van der Waals surface area contributed by atoms with Crippen LogP contribution in [0.2, 0.25) is 0 Å². The van der Waals surface area contributed by atoms with Gasteiger partial charge in [-0.25, -0.2) is 4.79 Å². The fourth-order valence-electron chi connectivity index (χ4n) is 3.82. The number of aromatic nitrogens is 1. The summed E-state index contributed by atoms with van der Waals surface area (Å²) in [5.41, 5.74) is 5.01. The number of amides is 1. The first-order chi connectivity index (χ1) is 14.6. The van der Waals surface area contributed by atoms with Crippen LogP contribution in [0, 0.1) is 0 Å². The molecule has 2 aromatic carbocycles. The molecule has 0 bridgehead atoms. The number of ether oxygens (including phenoxy) is 2. The lowest BCUT2D eigenvalue weighted by Crippen LogP contribution is -2.31. The summed E-state index contributed by atoms with van der Waals surface area (Å²) in [5, 5.41) is 13.5. The Morgan fingerprint density at radius 1 is 1.13 bits per heavy atom. The van der Waals surface area contributed by atoms with Crippen molar-refractivity contribution in [1.29, 1.82) is 0 Å². The van der Waals surface area contributed by atoms with Gasteiger partial charge in [0.05, 0.1) is 19.6 Å². The lowest BCUT2D eigenvalue weighted by Gasteiger charge is -2.18. The first-order valence-corrected chi connectivity index (χ1v) is 10.2. The zero-order chi connectivity index (χ0) is 21.1. The molecule has 1 atom stereocenters. The van der Waals surface area contributed by atoms with E-state index in [1.165, 1.54) is 7.11 Å². The maximum atomic E-state index is 12.5. The van der Waals surface area contributed by atoms with E-state index in [9.17, 15) is 14.7 Å². The van der Waals surface area contributed by atoms with Crippen LogP contribution < -0.4 is 10.1 Å². The van der Waals surface area contributed by atoms with Gasteiger partial charge >= 0.3 is 12.1 Å². The average molecular weight is 424 g/mol. The van der Waals surface area contributed by atoms with Gasteiger partial charge in [-0.3, -0.25) is 4.79 Å². The van der Waals surface area contributed by atoms with E-state index in [0.29, 0.717) is 11.4 Å². The highest BCUT2D eigenvalue weighted by Crippen LogP contribution is 2.44. The average Bonchev–Trinajstić information content (AvgIpc) is 3.34. The molecular formula is C22H20N2O5S. The normalized spacial score (nSPS) is 13.2. The van der Waals surface area contributed by atoms with Crippen LogP contribution in [-0.2, 0) is 9.53 Å². The van der Waals surface area contributed by atoms with Crippen LogP contribution in [0.15, 0.2) is 53.9 Å². The summed E-state index contributed by atoms with van der Waals surface area (Å²) in [6.45, 7) is 0.151. The molecule has 0 saturated carbocycles. The van der Waals surface area contributed by atoms with Crippen molar-refractivity contribution in [3.05, 3.63) is 70.6 Å². The Hall–Kier alpha value is -3.39. The number of carboxylic acid groups (broad SMARTS) is 1. The molecule has 2 N–H and O–H groups in total. The predicted molar refractivity (Wildman–Crippen MR) is 112 cm³/mol. The van der Waals surface area contributed by atoms with E-state index in [1.54, 1.807) is 5.38 Å². The molecule has 0 spiro atoms. The minimum atomic E-state index is -1.05. The topological polar surface area (TPSA) is 97.8 Å². The number of hydrogen-bond donors (Lipinski definition) is 2. The van der Waals surface area contributed by atoms with Crippen LogP contribution in [0.4, 0.5) is 4.79 Å². The number of alkyl carbamates (subject to hydrolysis) is 1. The highest BCUT2D eigenvalue weighted by molar-refractivity contribution is 7.03. The van der Waals surface area contributed by atoms with E-state index in [1.807, 2.05) is 36.4 Å². The number of hydrogen-bond acceptors (Lipinski definition) is 6. The SMILES string of the molecule is COc1nscc1[C@H](CC(=O)O)NC(=O)OCC1c2ccccc2-c2ccccc21. The van der Waals surface area contributed by atoms with Gasteiger partial charge in [0.1, 0.15) is 6.61 Å². The maximum absolute atomic E-state index is 12.5. The van der Waals surface area contributed by atoms with Gasteiger partial charge in [-0.05, 0) is 33.8 Å². The number of methoxy groups -OCH3 is 1. The van der Waals surface area contributed by atoms with Crippen LogP contribution in [0.5, 0.6) is 5.88 Å². The van der Waals surface area contributed by atoms with E-state index < -0.39 is 18.1 Å². The summed E-state index contributed by atoms with van der Waals surface area (Å²) in [4.78, 5) is 23.8. The van der Waals surface area contributed by atoms with Gasteiger partial charge in [-0.2, -0.15) is 4.37 Å². The molecule has 7 nitrogen and oxygen atoms in total. The number of aliphatic carboxylic acids is 1. The molecular weight excluding hydrogens is 404 g/mol. The van der Waals surface area contributed by atoms with Gasteiger partial charge < -0.3 is 19.9 Å². The van der Waals surface area contributed by atoms with Gasteiger partial charge in [0, 0.05) is 16.9 Å². The Morgan fingerprint density at radius 2 is 1.77 bits per heavy atom. The van der Waals surface area contributed by atoms with Crippen LogP contribution in [0.25, 0.3) is 11.1 Å². The zero-order valence-corrected chi connectivity index (χ0v) is 17.0. The van der Waals surface area contributed by atoms with Gasteiger partial charge in [-0.15, -0.1) is 0 Å². The number of carbonyl (C=O) groups is 2. The molecule has 1 amide bonds. The predicted octanol–water partition coefficient (Wildman–Crippen LogP) is 4.21. The molecule has 1 aromatic heterocycles. The largest absolute Gasteiger partial charge is 0.481 e. The molecule has 0 unspecified atom stereocenters. The zero-order valence-electron chi connectivity index (χ0n) is 16.2. The van der Waals surface area contributed by atoms with Crippen LogP contribution in [0.1, 0.15) is 35.1 Å². The molecule has 30 heavy (non-hydrogen) atoms. The Kier molecular flexibility index (Phi) is 5.67. The van der Waals surface area contributed by atoms with Crippen LogP contribution in [-0.4, -0.2) is 35.3 Å². The number of nitrogens with one attached hydrogen (secondary N) is 1. The first-order valence-electron chi connectivity index (χ1n) is 9.40. The highest BCUT2D eigenvalue weighted by atomic mass is 32.1. The quantitative estimate of drug-likeness (QED) is 0.590. The molecule has 1 aliphatic carbocycles. The smallest absolute Gasteiger partial charge is 0.407 e. The number of fused-ring (bicyclic) bond motifs is 3. The third-order valence-electron chi connectivity index (χ3n) is 5.15. The molecule has 8 heteroatoms. The van der Waals surface area contributed by atoms with Gasteiger partial charge in [-0.1, -0.05) is 48.5 Å². The molecule has 0 radical (unpaired) electrons. The standard InChI is InChI=1S/C22H20N2O5S/c1-28-21-18(12-30-24-21)19(10-20(25)26)23-22(27)29-11-17-15-8-4-2-6-13(15)14-7-3-5-9-16(14)17/h2-9,12,17,19H,10-11H2,1H3,(H,23,27)(H,25,26)/t19-/m0/s1. The lowest BCUT2D eigenvalue weighted by atomic mass is 9.98. The van der Waals surface area contributed by atoms with Crippen molar-refractivity contribution in [1.82, 2.24) is 9.69 Å². The Bertz CT molecular complexity index is 1040. The Morgan fingerprint density at radius 3 is 2.37 bits per heavy atom. The van der Waals surface area contributed by atoms with Gasteiger partial charge in [0.25, 0.3) is 0 Å². The van der Waals surface area contributed by atoms with Crippen LogP contribution in [0.3, 0.4) is 0 Å². The van der Waals surface area contributed by atoms with Crippen molar-refractivity contribution in [2.45, 2.75) is 18.4 Å². The minimum absolute atomic E-state index is 0.0709. The maximum Gasteiger partial charge on any atom is 0.407 e. The second-order valence-electron chi connectivity index (χ2n) is 6.90. The second kappa shape index (κ2) is 8.54. The number of carboxylic acids is 1. The molecule has 3 aromatic rings. The molecule has 0 aliphatic heterocycles. The van der Waals surface area contributed by atoms with E-state index in [0.717, 1.165) is 33.8 Å². The highest BCUT2D eigenvalue weighted by Gasteiger charge is 2.30. The van der Waals surface area contributed by atoms with Crippen molar-refractivity contribution in [2.24, 2.45) is 0 Å². The molecule has 154 valence electrons. The third-order valence-corrected chi connectivity index (χ3v) is 5.78. The number of carbonyl (C=O) groups excluding carboxylic acids is 1. The van der Waals surface area contributed by atoms with Crippen molar-refractivity contribution in [3.8, 4) is 17.0 Å². The Labute approximate surface area is 177 Å². The van der Waals surface area contributed by atoms with Crippen molar-refractivity contribution < 1.29 is 24.2 Å². The number of rotatable bonds is 7. The summed E-state index contributed by atoms with van der Waals surface area (Å²) in [6.07, 6.45) is -0.990. The lowest BCUT2D eigenvalue weighted by molar-refractivity contribution is -0.137. The number of benzene rings is 2. The molecule has 0 saturated heterocycles. The fraction of sp³-hybridized carbons (Fsp3) is 0.227. The number of nitrogens with zero attached hydrogens (tertiary/aromatic N) is 1.